The summed E-state index contributed by atoms with van der Waals surface area (Å²) in [5.41, 5.74) is 2.73. The van der Waals surface area contributed by atoms with E-state index in [0.29, 0.717) is 0 Å². The van der Waals surface area contributed by atoms with Crippen molar-refractivity contribution in [1.29, 1.82) is 0 Å². The zero-order valence-corrected chi connectivity index (χ0v) is 17.4. The van der Waals surface area contributed by atoms with Crippen molar-refractivity contribution in [3.63, 3.8) is 0 Å². The molecule has 1 aromatic heterocycles. The van der Waals surface area contributed by atoms with E-state index in [1.807, 2.05) is 35.7 Å². The maximum Gasteiger partial charge on any atom is 0.335 e. The Bertz CT molecular complexity index is 922. The molecule has 0 amide bonds. The maximum atomic E-state index is 11.1. The van der Waals surface area contributed by atoms with Crippen LogP contribution in [0.2, 0.25) is 0 Å². The van der Waals surface area contributed by atoms with Crippen LogP contribution in [0.5, 0.6) is 5.75 Å². The fourth-order valence-electron chi connectivity index (χ4n) is 2.93. The maximum absolute atomic E-state index is 11.1. The molecule has 152 valence electrons. The number of benzene rings is 2. The van der Waals surface area contributed by atoms with Crippen LogP contribution < -0.4 is 10.1 Å². The van der Waals surface area contributed by atoms with E-state index in [1.54, 1.807) is 18.2 Å². The number of thiazole rings is 1. The lowest BCUT2D eigenvalue weighted by Gasteiger charge is -2.07. The van der Waals surface area contributed by atoms with E-state index in [9.17, 15) is 4.79 Å². The van der Waals surface area contributed by atoms with Crippen LogP contribution in [-0.2, 0) is 0 Å². The minimum atomic E-state index is -0.941. The summed E-state index contributed by atoms with van der Waals surface area (Å²) in [6.07, 6.45) is 6.13. The Labute approximate surface area is 175 Å². The van der Waals surface area contributed by atoms with Gasteiger partial charge in [0.1, 0.15) is 5.75 Å². The summed E-state index contributed by atoms with van der Waals surface area (Å²) in [5, 5.41) is 15.1. The van der Waals surface area contributed by atoms with Gasteiger partial charge in [0.25, 0.3) is 0 Å². The lowest BCUT2D eigenvalue weighted by atomic mass is 10.1. The summed E-state index contributed by atoms with van der Waals surface area (Å²) in [5.74, 6) is -0.0694. The van der Waals surface area contributed by atoms with Gasteiger partial charge in [-0.2, -0.15) is 0 Å². The molecular formula is C23H26N2O3S. The van der Waals surface area contributed by atoms with Gasteiger partial charge in [-0.25, -0.2) is 9.78 Å². The number of rotatable bonds is 11. The summed E-state index contributed by atoms with van der Waals surface area (Å²) in [6.45, 7) is 2.97. The largest absolute Gasteiger partial charge is 0.494 e. The molecule has 5 nitrogen and oxygen atoms in total. The van der Waals surface area contributed by atoms with Gasteiger partial charge in [0, 0.05) is 16.6 Å². The monoisotopic (exact) mass is 410 g/mol. The molecule has 0 saturated carbocycles. The molecule has 0 aliphatic carbocycles. The van der Waals surface area contributed by atoms with E-state index in [1.165, 1.54) is 37.0 Å². The molecule has 0 bridgehead atoms. The highest BCUT2D eigenvalue weighted by molar-refractivity contribution is 7.14. The lowest BCUT2D eigenvalue weighted by molar-refractivity contribution is 0.0697. The van der Waals surface area contributed by atoms with Crippen molar-refractivity contribution in [2.45, 2.75) is 39.0 Å². The summed E-state index contributed by atoms with van der Waals surface area (Å²) in [6, 6.07) is 14.7. The summed E-state index contributed by atoms with van der Waals surface area (Å²) >= 11 is 1.48. The molecule has 1 heterocycles. The summed E-state index contributed by atoms with van der Waals surface area (Å²) in [4.78, 5) is 15.7. The van der Waals surface area contributed by atoms with Crippen molar-refractivity contribution in [3.8, 4) is 17.0 Å². The Kier molecular flexibility index (Phi) is 7.64. The average Bonchev–Trinajstić information content (AvgIpc) is 3.20. The molecule has 2 N–H and O–H groups in total. The van der Waals surface area contributed by atoms with Gasteiger partial charge in [0.2, 0.25) is 0 Å². The fourth-order valence-corrected chi connectivity index (χ4v) is 3.67. The standard InChI is InChI=1S/C23H26N2O3S/c1-2-3-4-5-6-14-28-20-12-10-19(11-13-20)24-23-25-21(16-29-23)17-8-7-9-18(15-17)22(26)27/h7-13,15-16H,2-6,14H2,1H3,(H,24,25)(H,26,27). The third-order valence-electron chi connectivity index (χ3n) is 4.53. The Hall–Kier alpha value is -2.86. The number of hydrogen-bond acceptors (Lipinski definition) is 5. The quantitative estimate of drug-likeness (QED) is 0.348. The number of aromatic carboxylic acids is 1. The zero-order valence-electron chi connectivity index (χ0n) is 16.6. The first-order chi connectivity index (χ1) is 14.2. The average molecular weight is 411 g/mol. The number of carboxylic acid groups (broad SMARTS) is 1. The van der Waals surface area contributed by atoms with Crippen LogP contribution in [-0.4, -0.2) is 22.7 Å². The van der Waals surface area contributed by atoms with Gasteiger partial charge in [0.15, 0.2) is 5.13 Å². The second kappa shape index (κ2) is 10.6. The molecule has 3 rings (SSSR count). The minimum Gasteiger partial charge on any atom is -0.494 e. The molecular weight excluding hydrogens is 384 g/mol. The van der Waals surface area contributed by atoms with Crippen molar-refractivity contribution in [1.82, 2.24) is 4.98 Å². The normalized spacial score (nSPS) is 10.7. The van der Waals surface area contributed by atoms with Gasteiger partial charge in [-0.15, -0.1) is 11.3 Å². The Morgan fingerprint density at radius 2 is 1.90 bits per heavy atom. The number of carbonyl (C=O) groups is 1. The van der Waals surface area contributed by atoms with E-state index >= 15 is 0 Å². The number of unbranched alkanes of at least 4 members (excludes halogenated alkanes) is 4. The van der Waals surface area contributed by atoms with Crippen LogP contribution in [0.25, 0.3) is 11.3 Å². The van der Waals surface area contributed by atoms with Crippen LogP contribution in [0.4, 0.5) is 10.8 Å². The Balaban J connectivity index is 1.53. The van der Waals surface area contributed by atoms with E-state index < -0.39 is 5.97 Å². The van der Waals surface area contributed by atoms with Crippen molar-refractivity contribution in [2.24, 2.45) is 0 Å². The van der Waals surface area contributed by atoms with Crippen molar-refractivity contribution in [2.75, 3.05) is 11.9 Å². The van der Waals surface area contributed by atoms with E-state index in [0.717, 1.165) is 40.9 Å². The van der Waals surface area contributed by atoms with Crippen LogP contribution in [0.3, 0.4) is 0 Å². The highest BCUT2D eigenvalue weighted by atomic mass is 32.1. The van der Waals surface area contributed by atoms with Gasteiger partial charge >= 0.3 is 5.97 Å². The molecule has 0 spiro atoms. The molecule has 0 atom stereocenters. The van der Waals surface area contributed by atoms with E-state index in [2.05, 4.69) is 17.2 Å². The van der Waals surface area contributed by atoms with Gasteiger partial charge < -0.3 is 15.2 Å². The van der Waals surface area contributed by atoms with Crippen LogP contribution in [0.1, 0.15) is 49.4 Å². The molecule has 2 aromatic carbocycles. The van der Waals surface area contributed by atoms with Gasteiger partial charge in [-0.05, 0) is 42.8 Å². The molecule has 3 aromatic rings. The highest BCUT2D eigenvalue weighted by Crippen LogP contribution is 2.28. The van der Waals surface area contributed by atoms with E-state index in [4.69, 9.17) is 9.84 Å². The third kappa shape index (κ3) is 6.32. The molecule has 0 aliphatic rings. The first kappa shape index (κ1) is 20.9. The van der Waals surface area contributed by atoms with Crippen molar-refractivity contribution in [3.05, 3.63) is 59.5 Å². The predicted molar refractivity (Wildman–Crippen MR) is 118 cm³/mol. The minimum absolute atomic E-state index is 0.256. The van der Waals surface area contributed by atoms with Crippen molar-refractivity contribution < 1.29 is 14.6 Å². The topological polar surface area (TPSA) is 71.5 Å². The number of nitrogens with zero attached hydrogens (tertiary/aromatic N) is 1. The molecule has 6 heteroatoms. The Morgan fingerprint density at radius 3 is 2.66 bits per heavy atom. The summed E-state index contributed by atoms with van der Waals surface area (Å²) < 4.78 is 5.80. The molecule has 0 radical (unpaired) electrons. The van der Waals surface area contributed by atoms with Gasteiger partial charge in [0.05, 0.1) is 17.9 Å². The van der Waals surface area contributed by atoms with Crippen molar-refractivity contribution >= 4 is 28.1 Å². The number of anilines is 2. The first-order valence-corrected chi connectivity index (χ1v) is 10.8. The molecule has 0 aliphatic heterocycles. The first-order valence-electron chi connectivity index (χ1n) is 9.95. The van der Waals surface area contributed by atoms with Gasteiger partial charge in [-0.1, -0.05) is 44.7 Å². The molecule has 0 unspecified atom stereocenters. The zero-order chi connectivity index (χ0) is 20.5. The van der Waals surface area contributed by atoms with Crippen LogP contribution >= 0.6 is 11.3 Å². The Morgan fingerprint density at radius 1 is 1.10 bits per heavy atom. The highest BCUT2D eigenvalue weighted by Gasteiger charge is 2.08. The van der Waals surface area contributed by atoms with E-state index in [-0.39, 0.29) is 5.56 Å². The number of nitrogens with one attached hydrogen (secondary N) is 1. The van der Waals surface area contributed by atoms with Gasteiger partial charge in [-0.3, -0.25) is 0 Å². The lowest BCUT2D eigenvalue weighted by Crippen LogP contribution is -1.97. The van der Waals surface area contributed by atoms with Crippen LogP contribution in [0, 0.1) is 0 Å². The van der Waals surface area contributed by atoms with Crippen LogP contribution in [0.15, 0.2) is 53.9 Å². The second-order valence-corrected chi connectivity index (χ2v) is 7.69. The fraction of sp³-hybridized carbons (Fsp3) is 0.304. The molecule has 0 fully saturated rings. The predicted octanol–water partition coefficient (Wildman–Crippen LogP) is 6.60. The number of ether oxygens (including phenoxy) is 1. The number of aromatic nitrogens is 1. The number of carboxylic acids is 1. The third-order valence-corrected chi connectivity index (χ3v) is 5.29. The second-order valence-electron chi connectivity index (χ2n) is 6.84. The smallest absolute Gasteiger partial charge is 0.335 e. The molecule has 29 heavy (non-hydrogen) atoms. The molecule has 0 saturated heterocycles. The summed E-state index contributed by atoms with van der Waals surface area (Å²) in [7, 11) is 0. The number of hydrogen-bond donors (Lipinski definition) is 2. The SMILES string of the molecule is CCCCCCCOc1ccc(Nc2nc(-c3cccc(C(=O)O)c3)cs2)cc1.